The molecule has 6 nitrogen and oxygen atoms in total. The molecule has 1 aliphatic heterocycles. The monoisotopic (exact) mass is 438 g/mol. The van der Waals surface area contributed by atoms with Gasteiger partial charge in [-0.05, 0) is 36.8 Å². The quantitative estimate of drug-likeness (QED) is 0.487. The fourth-order valence-electron chi connectivity index (χ4n) is 3.90. The van der Waals surface area contributed by atoms with Gasteiger partial charge in [0.15, 0.2) is 0 Å². The van der Waals surface area contributed by atoms with E-state index in [0.717, 1.165) is 28.0 Å². The number of pyridine rings is 1. The van der Waals surface area contributed by atoms with Gasteiger partial charge in [-0.25, -0.2) is 13.4 Å². The minimum Gasteiger partial charge on any atom is -0.294 e. The molecule has 154 valence electrons. The van der Waals surface area contributed by atoms with Crippen molar-refractivity contribution in [3.8, 4) is 0 Å². The molecule has 1 saturated heterocycles. The van der Waals surface area contributed by atoms with Crippen LogP contribution in [0.2, 0.25) is 0 Å². The van der Waals surface area contributed by atoms with Crippen LogP contribution in [0.15, 0.2) is 59.6 Å². The van der Waals surface area contributed by atoms with Gasteiger partial charge in [-0.15, -0.1) is 11.3 Å². The Balaban J connectivity index is 1.32. The smallest absolute Gasteiger partial charge is 0.245 e. The van der Waals surface area contributed by atoms with Crippen molar-refractivity contribution in [1.29, 1.82) is 0 Å². The molecule has 5 rings (SSSR count). The van der Waals surface area contributed by atoms with Gasteiger partial charge in [-0.2, -0.15) is 4.31 Å². The summed E-state index contributed by atoms with van der Waals surface area (Å²) < 4.78 is 29.4. The molecule has 0 bridgehead atoms. The summed E-state index contributed by atoms with van der Waals surface area (Å²) in [6.45, 7) is 5.02. The van der Waals surface area contributed by atoms with Crippen molar-refractivity contribution >= 4 is 42.5 Å². The molecule has 8 heteroatoms. The van der Waals surface area contributed by atoms with E-state index in [9.17, 15) is 8.42 Å². The van der Waals surface area contributed by atoms with Gasteiger partial charge >= 0.3 is 0 Å². The van der Waals surface area contributed by atoms with Crippen LogP contribution < -0.4 is 0 Å². The first-order valence-corrected chi connectivity index (χ1v) is 12.2. The highest BCUT2D eigenvalue weighted by atomic mass is 32.2. The van der Waals surface area contributed by atoms with Crippen LogP contribution >= 0.6 is 11.3 Å². The Morgan fingerprint density at radius 3 is 2.63 bits per heavy atom. The molecule has 2 aromatic carbocycles. The number of piperazine rings is 1. The predicted octanol–water partition coefficient (Wildman–Crippen LogP) is 3.66. The van der Waals surface area contributed by atoms with Crippen molar-refractivity contribution in [3.05, 3.63) is 65.3 Å². The van der Waals surface area contributed by atoms with E-state index >= 15 is 0 Å². The summed E-state index contributed by atoms with van der Waals surface area (Å²) in [5.41, 5.74) is 2.58. The number of aromatic nitrogens is 2. The van der Waals surface area contributed by atoms with Crippen LogP contribution in [0.3, 0.4) is 0 Å². The van der Waals surface area contributed by atoms with E-state index in [1.54, 1.807) is 34.0 Å². The van der Waals surface area contributed by atoms with Crippen LogP contribution in [0, 0.1) is 6.92 Å². The lowest BCUT2D eigenvalue weighted by Crippen LogP contribution is -2.48. The van der Waals surface area contributed by atoms with E-state index in [-0.39, 0.29) is 0 Å². The first kappa shape index (κ1) is 19.6. The van der Waals surface area contributed by atoms with Gasteiger partial charge in [0.25, 0.3) is 0 Å². The van der Waals surface area contributed by atoms with E-state index in [2.05, 4.69) is 16.0 Å². The van der Waals surface area contributed by atoms with Crippen LogP contribution in [-0.4, -0.2) is 53.8 Å². The molecule has 0 unspecified atom stereocenters. The number of benzene rings is 2. The molecule has 0 atom stereocenters. The van der Waals surface area contributed by atoms with Crippen LogP contribution in [0.1, 0.15) is 10.6 Å². The third-order valence-corrected chi connectivity index (χ3v) is 8.41. The molecular formula is C22H22N4O2S2. The molecular weight excluding hydrogens is 416 g/mol. The van der Waals surface area contributed by atoms with Crippen molar-refractivity contribution in [3.63, 3.8) is 0 Å². The van der Waals surface area contributed by atoms with Gasteiger partial charge < -0.3 is 0 Å². The zero-order valence-electron chi connectivity index (χ0n) is 16.7. The largest absolute Gasteiger partial charge is 0.294 e. The third-order valence-electron chi connectivity index (χ3n) is 5.46. The fourth-order valence-corrected chi connectivity index (χ4v) is 6.49. The van der Waals surface area contributed by atoms with Gasteiger partial charge in [0, 0.05) is 37.8 Å². The Morgan fingerprint density at radius 1 is 1.03 bits per heavy atom. The normalized spacial score (nSPS) is 16.4. The number of fused-ring (bicyclic) bond motifs is 2. The Morgan fingerprint density at radius 2 is 1.83 bits per heavy atom. The number of sulfonamides is 1. The van der Waals surface area contributed by atoms with Crippen molar-refractivity contribution in [1.82, 2.24) is 19.2 Å². The van der Waals surface area contributed by atoms with E-state index in [1.165, 1.54) is 4.70 Å². The molecule has 3 heterocycles. The minimum atomic E-state index is -3.59. The number of hydrogen-bond donors (Lipinski definition) is 0. The standard InChI is InChI=1S/C22H22N4O2S2/c1-16-13-17-5-4-8-20(22(17)23-14-16)30(27,28)26-11-9-25(10-12-26)15-21-24-18-6-2-3-7-19(18)29-21/h2-8,13-14H,9-12,15H2,1H3. The maximum atomic E-state index is 13.3. The van der Waals surface area contributed by atoms with Crippen LogP contribution in [0.4, 0.5) is 0 Å². The average molecular weight is 439 g/mol. The lowest BCUT2D eigenvalue weighted by atomic mass is 10.2. The number of aryl methyl sites for hydroxylation is 1. The van der Waals surface area contributed by atoms with E-state index in [1.807, 2.05) is 37.3 Å². The maximum absolute atomic E-state index is 13.3. The second-order valence-corrected chi connectivity index (χ2v) is 10.6. The summed E-state index contributed by atoms with van der Waals surface area (Å²) in [5.74, 6) is 0. The number of rotatable bonds is 4. The molecule has 2 aromatic heterocycles. The first-order chi connectivity index (χ1) is 14.5. The van der Waals surface area contributed by atoms with Gasteiger partial charge in [-0.3, -0.25) is 9.88 Å². The third kappa shape index (κ3) is 3.60. The lowest BCUT2D eigenvalue weighted by molar-refractivity contribution is 0.181. The first-order valence-electron chi connectivity index (χ1n) is 9.93. The predicted molar refractivity (Wildman–Crippen MR) is 120 cm³/mol. The zero-order chi connectivity index (χ0) is 20.7. The summed E-state index contributed by atoms with van der Waals surface area (Å²) in [7, 11) is -3.59. The number of nitrogens with zero attached hydrogens (tertiary/aromatic N) is 4. The van der Waals surface area contributed by atoms with Gasteiger partial charge in [0.2, 0.25) is 10.0 Å². The molecule has 0 radical (unpaired) electrons. The Bertz CT molecular complexity index is 1290. The molecule has 30 heavy (non-hydrogen) atoms. The molecule has 0 amide bonds. The summed E-state index contributed by atoms with van der Waals surface area (Å²) in [5, 5.41) is 1.92. The molecule has 0 spiro atoms. The summed E-state index contributed by atoms with van der Waals surface area (Å²) in [4.78, 5) is 11.7. The maximum Gasteiger partial charge on any atom is 0.245 e. The van der Waals surface area contributed by atoms with E-state index < -0.39 is 10.0 Å². The molecule has 0 N–H and O–H groups in total. The van der Waals surface area contributed by atoms with Crippen molar-refractivity contribution in [2.24, 2.45) is 0 Å². The van der Waals surface area contributed by atoms with Crippen molar-refractivity contribution in [2.45, 2.75) is 18.4 Å². The van der Waals surface area contributed by atoms with Gasteiger partial charge in [0.1, 0.15) is 9.90 Å². The van der Waals surface area contributed by atoms with E-state index in [4.69, 9.17) is 4.98 Å². The van der Waals surface area contributed by atoms with E-state index in [0.29, 0.717) is 36.6 Å². The Hall–Kier alpha value is -2.39. The summed E-state index contributed by atoms with van der Waals surface area (Å²) in [6, 6.07) is 15.5. The van der Waals surface area contributed by atoms with Crippen molar-refractivity contribution in [2.75, 3.05) is 26.2 Å². The fraction of sp³-hybridized carbons (Fsp3) is 0.273. The van der Waals surface area contributed by atoms with Crippen molar-refractivity contribution < 1.29 is 8.42 Å². The topological polar surface area (TPSA) is 66.4 Å². The van der Waals surface area contributed by atoms with Gasteiger partial charge in [-0.1, -0.05) is 24.3 Å². The Kier molecular flexibility index (Phi) is 5.02. The highest BCUT2D eigenvalue weighted by Gasteiger charge is 2.30. The molecule has 0 saturated carbocycles. The second-order valence-electron chi connectivity index (χ2n) is 7.60. The average Bonchev–Trinajstić information content (AvgIpc) is 3.15. The highest BCUT2D eigenvalue weighted by Crippen LogP contribution is 2.27. The summed E-state index contributed by atoms with van der Waals surface area (Å²) >= 11 is 1.70. The molecule has 0 aliphatic carbocycles. The van der Waals surface area contributed by atoms with Crippen LogP contribution in [0.5, 0.6) is 0 Å². The number of para-hydroxylation sites is 2. The molecule has 1 aliphatic rings. The van der Waals surface area contributed by atoms with Crippen LogP contribution in [-0.2, 0) is 16.6 Å². The molecule has 1 fully saturated rings. The summed E-state index contributed by atoms with van der Waals surface area (Å²) in [6.07, 6.45) is 1.72. The zero-order valence-corrected chi connectivity index (χ0v) is 18.3. The number of thiazole rings is 1. The SMILES string of the molecule is Cc1cnc2c(S(=O)(=O)N3CCN(Cc4nc5ccccc5s4)CC3)cccc2c1. The lowest BCUT2D eigenvalue weighted by Gasteiger charge is -2.33. The highest BCUT2D eigenvalue weighted by molar-refractivity contribution is 7.89. The van der Waals surface area contributed by atoms with Crippen LogP contribution in [0.25, 0.3) is 21.1 Å². The molecule has 4 aromatic rings. The second kappa shape index (κ2) is 7.70. The Labute approximate surface area is 179 Å². The van der Waals surface area contributed by atoms with Gasteiger partial charge in [0.05, 0.1) is 22.3 Å². The minimum absolute atomic E-state index is 0.291. The number of hydrogen-bond acceptors (Lipinski definition) is 6.